The Kier molecular flexibility index (Phi) is 5.87. The molecule has 0 saturated heterocycles. The van der Waals surface area contributed by atoms with Crippen molar-refractivity contribution in [3.05, 3.63) is 78.1 Å². The van der Waals surface area contributed by atoms with Crippen LogP contribution in [-0.4, -0.2) is 37.7 Å². The van der Waals surface area contributed by atoms with Crippen LogP contribution in [0.2, 0.25) is 0 Å². The van der Waals surface area contributed by atoms with Gasteiger partial charge in [-0.05, 0) is 44.4 Å². The highest BCUT2D eigenvalue weighted by Gasteiger charge is 2.30. The summed E-state index contributed by atoms with van der Waals surface area (Å²) >= 11 is 0. The van der Waals surface area contributed by atoms with Crippen LogP contribution in [0.25, 0.3) is 16.6 Å². The molecule has 5 rings (SSSR count). The number of halogens is 1. The third-order valence-electron chi connectivity index (χ3n) is 6.54. The molecule has 1 aromatic carbocycles. The van der Waals surface area contributed by atoms with Gasteiger partial charge in [-0.2, -0.15) is 0 Å². The zero-order valence-corrected chi connectivity index (χ0v) is 18.1. The van der Waals surface area contributed by atoms with Gasteiger partial charge < -0.3 is 20.1 Å². The van der Waals surface area contributed by atoms with Gasteiger partial charge >= 0.3 is 0 Å². The quantitative estimate of drug-likeness (QED) is 0.432. The molecule has 32 heavy (non-hydrogen) atoms. The van der Waals surface area contributed by atoms with E-state index in [-0.39, 0.29) is 23.9 Å². The number of fused-ring (bicyclic) bond motifs is 2. The number of hydrogen-bond acceptors (Lipinski definition) is 5. The predicted molar refractivity (Wildman–Crippen MR) is 123 cm³/mol. The van der Waals surface area contributed by atoms with Crippen LogP contribution in [0.3, 0.4) is 0 Å². The van der Waals surface area contributed by atoms with E-state index in [9.17, 15) is 9.50 Å². The van der Waals surface area contributed by atoms with E-state index in [0.717, 1.165) is 29.4 Å². The Morgan fingerprint density at radius 2 is 2.06 bits per heavy atom. The monoisotopic (exact) mass is 433 g/mol. The van der Waals surface area contributed by atoms with Crippen LogP contribution in [0.1, 0.15) is 43.4 Å². The molecule has 1 aliphatic rings. The maximum Gasteiger partial charge on any atom is 0.141 e. The van der Waals surface area contributed by atoms with Crippen molar-refractivity contribution in [3.63, 3.8) is 0 Å². The van der Waals surface area contributed by atoms with Gasteiger partial charge in [0.05, 0.1) is 11.6 Å². The Labute approximate surface area is 186 Å². The fourth-order valence-electron chi connectivity index (χ4n) is 4.81. The fourth-order valence-corrected chi connectivity index (χ4v) is 4.81. The minimum atomic E-state index is -0.485. The maximum absolute atomic E-state index is 14.5. The van der Waals surface area contributed by atoms with Crippen molar-refractivity contribution < 1.29 is 9.50 Å². The van der Waals surface area contributed by atoms with Crippen LogP contribution in [0.5, 0.6) is 0 Å². The van der Waals surface area contributed by atoms with Gasteiger partial charge in [0.25, 0.3) is 0 Å². The number of hydrogen-bond donors (Lipinski definition) is 3. The highest BCUT2D eigenvalue weighted by Crippen LogP contribution is 2.25. The number of imidazole rings is 1. The van der Waals surface area contributed by atoms with E-state index >= 15 is 0 Å². The van der Waals surface area contributed by atoms with E-state index in [0.29, 0.717) is 24.0 Å². The molecule has 0 bridgehead atoms. The van der Waals surface area contributed by atoms with Gasteiger partial charge in [0.1, 0.15) is 11.5 Å². The number of aliphatic hydroxyl groups is 1. The van der Waals surface area contributed by atoms with Gasteiger partial charge in [0, 0.05) is 72.0 Å². The largest absolute Gasteiger partial charge is 0.391 e. The second-order valence-electron chi connectivity index (χ2n) is 8.71. The molecular formula is C25H28FN5O. The van der Waals surface area contributed by atoms with E-state index in [2.05, 4.69) is 33.6 Å². The summed E-state index contributed by atoms with van der Waals surface area (Å²) in [6.45, 7) is 2.52. The third-order valence-corrected chi connectivity index (χ3v) is 6.54. The molecule has 166 valence electrons. The van der Waals surface area contributed by atoms with E-state index < -0.39 is 6.10 Å². The van der Waals surface area contributed by atoms with Crippen molar-refractivity contribution in [2.75, 3.05) is 0 Å². The molecule has 0 unspecified atom stereocenters. The lowest BCUT2D eigenvalue weighted by molar-refractivity contribution is 0.0723. The summed E-state index contributed by atoms with van der Waals surface area (Å²) in [7, 11) is 0. The first-order valence-corrected chi connectivity index (χ1v) is 11.2. The molecule has 7 heteroatoms. The van der Waals surface area contributed by atoms with Crippen molar-refractivity contribution in [1.29, 1.82) is 0 Å². The molecule has 1 aliphatic carbocycles. The first-order chi connectivity index (χ1) is 15.6. The molecule has 4 atom stereocenters. The summed E-state index contributed by atoms with van der Waals surface area (Å²) in [5.41, 5.74) is 3.35. The average molecular weight is 434 g/mol. The summed E-state index contributed by atoms with van der Waals surface area (Å²) < 4.78 is 16.5. The van der Waals surface area contributed by atoms with Gasteiger partial charge in [0.15, 0.2) is 0 Å². The summed E-state index contributed by atoms with van der Waals surface area (Å²) in [6, 6.07) is 11.5. The minimum Gasteiger partial charge on any atom is -0.391 e. The first kappa shape index (κ1) is 21.0. The second-order valence-corrected chi connectivity index (χ2v) is 8.71. The Hall–Kier alpha value is -2.87. The predicted octanol–water partition coefficient (Wildman–Crippen LogP) is 3.74. The Bertz CT molecular complexity index is 1230. The molecule has 3 heterocycles. The van der Waals surface area contributed by atoms with Crippen molar-refractivity contribution >= 4 is 16.6 Å². The topological polar surface area (TPSA) is 74.5 Å². The standard InChI is InChI=1S/C25H28FN5O/c1-16(20-5-3-10-31-11-9-28-25(20)31)30-19-6-7-22(24(32)13-19)29-15-18-12-17-4-2-8-27-23(17)14-21(18)26/h2-5,8-12,14,16,19,22,24,29-30,32H,6-7,13,15H2,1H3/t16-,19-,22-,24+/m0/s1. The molecule has 0 amide bonds. The molecule has 0 spiro atoms. The van der Waals surface area contributed by atoms with Gasteiger partial charge in [-0.25, -0.2) is 9.37 Å². The smallest absolute Gasteiger partial charge is 0.141 e. The number of nitrogens with zero attached hydrogens (tertiary/aromatic N) is 3. The summed E-state index contributed by atoms with van der Waals surface area (Å²) in [6.07, 6.45) is 9.36. The molecule has 4 aromatic rings. The molecule has 0 aliphatic heterocycles. The lowest BCUT2D eigenvalue weighted by Crippen LogP contribution is -2.49. The van der Waals surface area contributed by atoms with Gasteiger partial charge in [-0.1, -0.05) is 12.1 Å². The molecule has 1 saturated carbocycles. The average Bonchev–Trinajstić information content (AvgIpc) is 3.27. The van der Waals surface area contributed by atoms with E-state index in [1.807, 2.05) is 41.1 Å². The SMILES string of the molecule is C[C@H](N[C@H]1CC[C@H](NCc2cc3cccnc3cc2F)[C@H](O)C1)c1cccn2ccnc12. The normalized spacial score (nSPS) is 22.4. The summed E-state index contributed by atoms with van der Waals surface area (Å²) in [5, 5.41) is 18.7. The maximum atomic E-state index is 14.5. The Balaban J connectivity index is 1.19. The van der Waals surface area contributed by atoms with Crippen LogP contribution in [0, 0.1) is 5.82 Å². The highest BCUT2D eigenvalue weighted by atomic mass is 19.1. The lowest BCUT2D eigenvalue weighted by atomic mass is 9.87. The number of pyridine rings is 2. The van der Waals surface area contributed by atoms with Gasteiger partial charge in [0.2, 0.25) is 0 Å². The van der Waals surface area contributed by atoms with E-state index in [1.165, 1.54) is 6.07 Å². The van der Waals surface area contributed by atoms with E-state index in [4.69, 9.17) is 0 Å². The zero-order chi connectivity index (χ0) is 22.1. The van der Waals surface area contributed by atoms with Crippen LogP contribution in [0.4, 0.5) is 4.39 Å². The van der Waals surface area contributed by atoms with Crippen molar-refractivity contribution in [2.24, 2.45) is 0 Å². The molecule has 3 aromatic heterocycles. The number of benzene rings is 1. The van der Waals surface area contributed by atoms with E-state index in [1.54, 1.807) is 12.4 Å². The van der Waals surface area contributed by atoms with Crippen molar-refractivity contribution in [1.82, 2.24) is 25.0 Å². The van der Waals surface area contributed by atoms with Crippen LogP contribution < -0.4 is 10.6 Å². The fraction of sp³-hybridized carbons (Fsp3) is 0.360. The zero-order valence-electron chi connectivity index (χ0n) is 18.1. The highest BCUT2D eigenvalue weighted by molar-refractivity contribution is 5.79. The minimum absolute atomic E-state index is 0.0527. The lowest BCUT2D eigenvalue weighted by Gasteiger charge is -2.35. The van der Waals surface area contributed by atoms with Crippen LogP contribution in [-0.2, 0) is 6.54 Å². The molecule has 1 fully saturated rings. The number of nitrogens with one attached hydrogen (secondary N) is 2. The Morgan fingerprint density at radius 1 is 1.16 bits per heavy atom. The third kappa shape index (κ3) is 4.24. The summed E-state index contributed by atoms with van der Waals surface area (Å²) in [5.74, 6) is -0.268. The van der Waals surface area contributed by atoms with Crippen molar-refractivity contribution in [3.8, 4) is 0 Å². The second kappa shape index (κ2) is 8.94. The first-order valence-electron chi connectivity index (χ1n) is 11.2. The Morgan fingerprint density at radius 3 is 2.94 bits per heavy atom. The number of aromatic nitrogens is 3. The van der Waals surface area contributed by atoms with Gasteiger partial charge in [-0.15, -0.1) is 0 Å². The molecule has 0 radical (unpaired) electrons. The summed E-state index contributed by atoms with van der Waals surface area (Å²) in [4.78, 5) is 8.67. The van der Waals surface area contributed by atoms with Crippen molar-refractivity contribution in [2.45, 2.75) is 57.0 Å². The molecular weight excluding hydrogens is 405 g/mol. The number of aliphatic hydroxyl groups excluding tert-OH is 1. The van der Waals surface area contributed by atoms with Gasteiger partial charge in [-0.3, -0.25) is 4.98 Å². The number of rotatable bonds is 6. The van der Waals surface area contributed by atoms with Crippen LogP contribution >= 0.6 is 0 Å². The van der Waals surface area contributed by atoms with Crippen LogP contribution in [0.15, 0.2) is 61.2 Å². The molecule has 3 N–H and O–H groups in total. The molecule has 6 nitrogen and oxygen atoms in total.